The predicted molar refractivity (Wildman–Crippen MR) is 60.1 cm³/mol. The van der Waals surface area contributed by atoms with Gasteiger partial charge in [0.2, 0.25) is 0 Å². The maximum Gasteiger partial charge on any atom is 0.0992 e. The minimum atomic E-state index is 0.105. The molecule has 0 bridgehead atoms. The van der Waals surface area contributed by atoms with Crippen LogP contribution in [0.4, 0.5) is 0 Å². The van der Waals surface area contributed by atoms with Crippen molar-refractivity contribution in [2.45, 2.75) is 26.2 Å². The molecular weight excluding hydrogens is 186 g/mol. The monoisotopic (exact) mass is 201 g/mol. The molecule has 0 amide bonds. The van der Waals surface area contributed by atoms with Gasteiger partial charge in [0, 0.05) is 23.5 Å². The fourth-order valence-electron chi connectivity index (χ4n) is 1.39. The number of hydrogen-bond acceptors (Lipinski definition) is 2. The van der Waals surface area contributed by atoms with Crippen molar-refractivity contribution < 1.29 is 0 Å². The highest BCUT2D eigenvalue weighted by Gasteiger charge is 2.14. The second-order valence-electron chi connectivity index (χ2n) is 4.62. The number of nitrogens with zero attached hydrogens (tertiary/aromatic N) is 3. The number of hydrogen-bond donors (Lipinski definition) is 0. The Kier molecular flexibility index (Phi) is 2.31. The van der Waals surface area contributed by atoms with E-state index in [-0.39, 0.29) is 5.41 Å². The van der Waals surface area contributed by atoms with E-state index in [1.165, 1.54) is 0 Å². The van der Waals surface area contributed by atoms with E-state index in [0.717, 1.165) is 11.4 Å². The number of aromatic nitrogens is 3. The van der Waals surface area contributed by atoms with Crippen LogP contribution in [-0.2, 0) is 5.41 Å². The summed E-state index contributed by atoms with van der Waals surface area (Å²) in [6.07, 6.45) is 7.32. The first-order valence-corrected chi connectivity index (χ1v) is 5.02. The maximum absolute atomic E-state index is 4.46. The first-order chi connectivity index (χ1) is 7.07. The maximum atomic E-state index is 4.46. The quantitative estimate of drug-likeness (QED) is 0.710. The van der Waals surface area contributed by atoms with Crippen molar-refractivity contribution in [1.29, 1.82) is 0 Å². The first-order valence-electron chi connectivity index (χ1n) is 5.02. The molecule has 2 aromatic rings. The highest BCUT2D eigenvalue weighted by Crippen LogP contribution is 2.20. The summed E-state index contributed by atoms with van der Waals surface area (Å²) in [4.78, 5) is 8.46. The second-order valence-corrected chi connectivity index (χ2v) is 4.62. The first kappa shape index (κ1) is 9.90. The van der Waals surface area contributed by atoms with Gasteiger partial charge in [-0.15, -0.1) is 0 Å². The van der Waals surface area contributed by atoms with Gasteiger partial charge in [-0.25, -0.2) is 4.98 Å². The standard InChI is InChI=1S/C12H15N3/c1-12(2,3)11-5-4-10(8-14-11)15-7-6-13-9-15/h4-9H,1-3H3. The molecule has 2 aromatic heterocycles. The molecule has 2 heterocycles. The lowest BCUT2D eigenvalue weighted by Crippen LogP contribution is -2.13. The average molecular weight is 201 g/mol. The summed E-state index contributed by atoms with van der Waals surface area (Å²) in [6.45, 7) is 6.48. The zero-order valence-corrected chi connectivity index (χ0v) is 9.31. The molecule has 0 aliphatic heterocycles. The van der Waals surface area contributed by atoms with Gasteiger partial charge in [-0.3, -0.25) is 4.98 Å². The Bertz CT molecular complexity index is 421. The topological polar surface area (TPSA) is 30.7 Å². The van der Waals surface area contributed by atoms with Crippen molar-refractivity contribution >= 4 is 0 Å². The van der Waals surface area contributed by atoms with E-state index in [0.29, 0.717) is 0 Å². The molecule has 2 rings (SSSR count). The Morgan fingerprint density at radius 1 is 1.20 bits per heavy atom. The number of imidazole rings is 1. The van der Waals surface area contributed by atoms with Crippen LogP contribution >= 0.6 is 0 Å². The molecule has 78 valence electrons. The van der Waals surface area contributed by atoms with Gasteiger partial charge < -0.3 is 4.57 Å². The van der Waals surface area contributed by atoms with E-state index in [1.54, 1.807) is 12.5 Å². The van der Waals surface area contributed by atoms with Gasteiger partial charge in [-0.1, -0.05) is 20.8 Å². The van der Waals surface area contributed by atoms with Crippen LogP contribution in [-0.4, -0.2) is 14.5 Å². The molecule has 0 aliphatic rings. The predicted octanol–water partition coefficient (Wildman–Crippen LogP) is 2.56. The van der Waals surface area contributed by atoms with Gasteiger partial charge >= 0.3 is 0 Å². The molecule has 15 heavy (non-hydrogen) atoms. The molecule has 3 heteroatoms. The lowest BCUT2D eigenvalue weighted by molar-refractivity contribution is 0.568. The summed E-state index contributed by atoms with van der Waals surface area (Å²) in [7, 11) is 0. The van der Waals surface area contributed by atoms with Crippen molar-refractivity contribution in [3.05, 3.63) is 42.7 Å². The Morgan fingerprint density at radius 3 is 2.47 bits per heavy atom. The van der Waals surface area contributed by atoms with Crippen LogP contribution in [0.25, 0.3) is 5.69 Å². The summed E-state index contributed by atoms with van der Waals surface area (Å²) < 4.78 is 1.94. The molecule has 0 fully saturated rings. The van der Waals surface area contributed by atoms with Crippen LogP contribution in [0.5, 0.6) is 0 Å². The summed E-state index contributed by atoms with van der Waals surface area (Å²) >= 11 is 0. The van der Waals surface area contributed by atoms with Crippen molar-refractivity contribution in [2.75, 3.05) is 0 Å². The third-order valence-electron chi connectivity index (χ3n) is 2.32. The van der Waals surface area contributed by atoms with E-state index >= 15 is 0 Å². The molecular formula is C12H15N3. The van der Waals surface area contributed by atoms with E-state index < -0.39 is 0 Å². The molecule has 0 N–H and O–H groups in total. The summed E-state index contributed by atoms with van der Waals surface area (Å²) in [5.74, 6) is 0. The Morgan fingerprint density at radius 2 is 2.00 bits per heavy atom. The molecule has 0 aliphatic carbocycles. The van der Waals surface area contributed by atoms with Crippen molar-refractivity contribution in [3.63, 3.8) is 0 Å². The van der Waals surface area contributed by atoms with Crippen molar-refractivity contribution in [2.24, 2.45) is 0 Å². The molecule has 0 saturated heterocycles. The number of rotatable bonds is 1. The third-order valence-corrected chi connectivity index (χ3v) is 2.32. The minimum Gasteiger partial charge on any atom is -0.305 e. The van der Waals surface area contributed by atoms with Gasteiger partial charge in [0.05, 0.1) is 18.2 Å². The van der Waals surface area contributed by atoms with Gasteiger partial charge in [-0.2, -0.15) is 0 Å². The van der Waals surface area contributed by atoms with Crippen LogP contribution in [0.2, 0.25) is 0 Å². The van der Waals surface area contributed by atoms with Gasteiger partial charge in [0.1, 0.15) is 0 Å². The van der Waals surface area contributed by atoms with Crippen molar-refractivity contribution in [3.8, 4) is 5.69 Å². The summed E-state index contributed by atoms with van der Waals surface area (Å²) in [6, 6.07) is 4.13. The second kappa shape index (κ2) is 3.50. The molecule has 0 spiro atoms. The highest BCUT2D eigenvalue weighted by molar-refractivity contribution is 5.30. The van der Waals surface area contributed by atoms with Crippen LogP contribution in [0, 0.1) is 0 Å². The van der Waals surface area contributed by atoms with Crippen molar-refractivity contribution in [1.82, 2.24) is 14.5 Å². The zero-order valence-electron chi connectivity index (χ0n) is 9.31. The van der Waals surface area contributed by atoms with E-state index in [4.69, 9.17) is 0 Å². The third kappa shape index (κ3) is 2.06. The zero-order chi connectivity index (χ0) is 10.9. The van der Waals surface area contributed by atoms with Gasteiger partial charge in [0.25, 0.3) is 0 Å². The normalized spacial score (nSPS) is 11.7. The minimum absolute atomic E-state index is 0.105. The Balaban J connectivity index is 2.33. The lowest BCUT2D eigenvalue weighted by Gasteiger charge is -2.17. The Labute approximate surface area is 89.8 Å². The van der Waals surface area contributed by atoms with E-state index in [9.17, 15) is 0 Å². The smallest absolute Gasteiger partial charge is 0.0992 e. The van der Waals surface area contributed by atoms with Crippen LogP contribution in [0.1, 0.15) is 26.5 Å². The molecule has 0 radical (unpaired) electrons. The summed E-state index contributed by atoms with van der Waals surface area (Å²) in [5, 5.41) is 0. The molecule has 0 aromatic carbocycles. The summed E-state index contributed by atoms with van der Waals surface area (Å²) in [5.41, 5.74) is 2.25. The lowest BCUT2D eigenvalue weighted by atomic mass is 9.92. The van der Waals surface area contributed by atoms with Gasteiger partial charge in [0.15, 0.2) is 0 Å². The fraction of sp³-hybridized carbons (Fsp3) is 0.333. The molecule has 0 atom stereocenters. The average Bonchev–Trinajstić information content (AvgIpc) is 2.69. The van der Waals surface area contributed by atoms with Crippen LogP contribution in [0.15, 0.2) is 37.1 Å². The fourth-order valence-corrected chi connectivity index (χ4v) is 1.39. The highest BCUT2D eigenvalue weighted by atomic mass is 15.0. The Hall–Kier alpha value is -1.64. The van der Waals surface area contributed by atoms with E-state index in [2.05, 4.69) is 42.9 Å². The van der Waals surface area contributed by atoms with Gasteiger partial charge in [-0.05, 0) is 12.1 Å². The SMILES string of the molecule is CC(C)(C)c1ccc(-n2ccnc2)cn1. The molecule has 0 unspecified atom stereocenters. The van der Waals surface area contributed by atoms with Crippen LogP contribution < -0.4 is 0 Å². The molecule has 3 nitrogen and oxygen atoms in total. The van der Waals surface area contributed by atoms with E-state index in [1.807, 2.05) is 17.0 Å². The van der Waals surface area contributed by atoms with Crippen LogP contribution in [0.3, 0.4) is 0 Å². The molecule has 0 saturated carbocycles. The largest absolute Gasteiger partial charge is 0.305 e. The number of pyridine rings is 1.